The average molecular weight is 289 g/mol. The highest BCUT2D eigenvalue weighted by Crippen LogP contribution is 2.40. The number of hydrogen-bond donors (Lipinski definition) is 2. The van der Waals surface area contributed by atoms with E-state index in [1.807, 2.05) is 0 Å². The van der Waals surface area contributed by atoms with Crippen LogP contribution in [0.1, 0.15) is 0 Å². The first-order chi connectivity index (χ1) is 10.1. The molecule has 21 heavy (non-hydrogen) atoms. The van der Waals surface area contributed by atoms with Crippen LogP contribution in [0.2, 0.25) is 0 Å². The van der Waals surface area contributed by atoms with Gasteiger partial charge in [0.05, 0.1) is 30.9 Å². The fourth-order valence-electron chi connectivity index (χ4n) is 2.88. The van der Waals surface area contributed by atoms with Gasteiger partial charge in [-0.25, -0.2) is 0 Å². The van der Waals surface area contributed by atoms with Crippen molar-refractivity contribution >= 4 is 17.6 Å². The summed E-state index contributed by atoms with van der Waals surface area (Å²) >= 11 is 0. The van der Waals surface area contributed by atoms with E-state index in [1.54, 1.807) is 36.4 Å². The van der Waals surface area contributed by atoms with Crippen LogP contribution in [0.4, 0.5) is 5.69 Å². The number of aliphatic carboxylic acids is 1. The van der Waals surface area contributed by atoms with Crippen molar-refractivity contribution in [3.63, 3.8) is 0 Å². The van der Waals surface area contributed by atoms with E-state index in [0.717, 1.165) is 0 Å². The van der Waals surface area contributed by atoms with Gasteiger partial charge in [-0.15, -0.1) is 0 Å². The molecule has 0 unspecified atom stereocenters. The topological polar surface area (TPSA) is 84.9 Å². The Balaban J connectivity index is 1.82. The van der Waals surface area contributed by atoms with Gasteiger partial charge in [0, 0.05) is 0 Å². The van der Waals surface area contributed by atoms with Gasteiger partial charge in [0.2, 0.25) is 5.91 Å². The molecule has 2 heterocycles. The van der Waals surface area contributed by atoms with Crippen molar-refractivity contribution < 1.29 is 24.2 Å². The van der Waals surface area contributed by atoms with E-state index in [-0.39, 0.29) is 5.91 Å². The molecule has 6 nitrogen and oxygen atoms in total. The van der Waals surface area contributed by atoms with Crippen LogP contribution >= 0.6 is 0 Å². The molecule has 4 atom stereocenters. The highest BCUT2D eigenvalue weighted by atomic mass is 16.5. The Hall–Kier alpha value is -2.34. The summed E-state index contributed by atoms with van der Waals surface area (Å²) < 4.78 is 10.7. The average Bonchev–Trinajstić information content (AvgIpc) is 3.08. The third-order valence-electron chi connectivity index (χ3n) is 3.85. The lowest BCUT2D eigenvalue weighted by Crippen LogP contribution is -2.39. The van der Waals surface area contributed by atoms with Gasteiger partial charge in [-0.05, 0) is 12.1 Å². The Morgan fingerprint density at radius 3 is 2.52 bits per heavy atom. The van der Waals surface area contributed by atoms with Gasteiger partial charge in [0.25, 0.3) is 0 Å². The summed E-state index contributed by atoms with van der Waals surface area (Å²) in [4.78, 5) is 23.8. The number of carboxylic acids is 1. The lowest BCUT2D eigenvalue weighted by molar-refractivity contribution is -0.145. The largest absolute Gasteiger partial charge is 0.495 e. The Labute approximate surface area is 121 Å². The van der Waals surface area contributed by atoms with E-state index in [2.05, 4.69) is 5.32 Å². The van der Waals surface area contributed by atoms with E-state index in [9.17, 15) is 14.7 Å². The number of nitrogens with one attached hydrogen (secondary N) is 1. The monoisotopic (exact) mass is 289 g/mol. The minimum atomic E-state index is -1.02. The second-order valence-electron chi connectivity index (χ2n) is 5.03. The number of benzene rings is 1. The number of anilines is 1. The molecule has 1 fully saturated rings. The fourth-order valence-corrected chi connectivity index (χ4v) is 2.88. The molecule has 6 heteroatoms. The van der Waals surface area contributed by atoms with Crippen molar-refractivity contribution in [1.82, 2.24) is 0 Å². The van der Waals surface area contributed by atoms with Gasteiger partial charge in [0.1, 0.15) is 11.7 Å². The summed E-state index contributed by atoms with van der Waals surface area (Å²) in [7, 11) is 1.51. The number of methoxy groups -OCH3 is 1. The van der Waals surface area contributed by atoms with Crippen molar-refractivity contribution in [2.45, 2.75) is 12.2 Å². The predicted octanol–water partition coefficient (Wildman–Crippen LogP) is 1.29. The molecular weight excluding hydrogens is 274 g/mol. The highest BCUT2D eigenvalue weighted by Gasteiger charge is 2.53. The molecule has 110 valence electrons. The van der Waals surface area contributed by atoms with Crippen molar-refractivity contribution in [2.24, 2.45) is 11.8 Å². The molecule has 0 radical (unpaired) electrons. The first-order valence-electron chi connectivity index (χ1n) is 6.62. The molecule has 2 aliphatic rings. The van der Waals surface area contributed by atoms with E-state index >= 15 is 0 Å². The van der Waals surface area contributed by atoms with Crippen LogP contribution in [0.25, 0.3) is 0 Å². The molecule has 2 aliphatic heterocycles. The quantitative estimate of drug-likeness (QED) is 0.816. The zero-order valence-corrected chi connectivity index (χ0v) is 11.4. The normalized spacial score (nSPS) is 29.4. The summed E-state index contributed by atoms with van der Waals surface area (Å²) in [6.07, 6.45) is 2.44. The Bertz CT molecular complexity index is 612. The highest BCUT2D eigenvalue weighted by molar-refractivity contribution is 5.97. The van der Waals surface area contributed by atoms with Crippen LogP contribution < -0.4 is 10.1 Å². The van der Waals surface area contributed by atoms with Gasteiger partial charge in [0.15, 0.2) is 0 Å². The molecular formula is C15H15NO5. The third kappa shape index (κ3) is 2.27. The van der Waals surface area contributed by atoms with E-state index in [1.165, 1.54) is 7.11 Å². The second kappa shape index (κ2) is 5.21. The zero-order chi connectivity index (χ0) is 15.0. The standard InChI is InChI=1S/C15H15NO5/c1-20-9-5-3-2-4-8(9)16-14(17)12-10-6-7-11(21-10)13(12)15(18)19/h2-7,10-13H,1H3,(H,16,17)(H,18,19)/t10-,11-,12+,13-/m1/s1. The summed E-state index contributed by atoms with van der Waals surface area (Å²) in [5, 5.41) is 12.0. The minimum absolute atomic E-state index is 0.372. The first kappa shape index (κ1) is 13.6. The summed E-state index contributed by atoms with van der Waals surface area (Å²) in [5.74, 6) is -2.45. The van der Waals surface area contributed by atoms with E-state index < -0.39 is 30.0 Å². The first-order valence-corrected chi connectivity index (χ1v) is 6.62. The summed E-state index contributed by atoms with van der Waals surface area (Å²) in [6, 6.07) is 6.99. The van der Waals surface area contributed by atoms with Gasteiger partial charge in [-0.3, -0.25) is 9.59 Å². The lowest BCUT2D eigenvalue weighted by atomic mass is 9.82. The molecule has 1 saturated heterocycles. The van der Waals surface area contributed by atoms with Crippen LogP contribution in [0.3, 0.4) is 0 Å². The molecule has 0 spiro atoms. The van der Waals surface area contributed by atoms with Crippen molar-refractivity contribution in [3.05, 3.63) is 36.4 Å². The van der Waals surface area contributed by atoms with Crippen LogP contribution in [0, 0.1) is 11.8 Å². The number of carboxylic acid groups (broad SMARTS) is 1. The molecule has 0 aliphatic carbocycles. The predicted molar refractivity (Wildman–Crippen MR) is 74.0 cm³/mol. The third-order valence-corrected chi connectivity index (χ3v) is 3.85. The number of para-hydroxylation sites is 2. The van der Waals surface area contributed by atoms with Gasteiger partial charge in [-0.1, -0.05) is 24.3 Å². The van der Waals surface area contributed by atoms with Crippen molar-refractivity contribution in [2.75, 3.05) is 12.4 Å². The molecule has 2 bridgehead atoms. The molecule has 0 aromatic heterocycles. The van der Waals surface area contributed by atoms with Crippen LogP contribution in [-0.4, -0.2) is 36.3 Å². The SMILES string of the molecule is COc1ccccc1NC(=O)[C@@H]1[C@H](C(=O)O)[C@H]2C=C[C@H]1O2. The van der Waals surface area contributed by atoms with Gasteiger partial charge < -0.3 is 19.9 Å². The molecule has 2 N–H and O–H groups in total. The van der Waals surface area contributed by atoms with E-state index in [4.69, 9.17) is 9.47 Å². The number of amides is 1. The van der Waals surface area contributed by atoms with E-state index in [0.29, 0.717) is 11.4 Å². The molecule has 1 amide bonds. The number of carbonyl (C=O) groups excluding carboxylic acids is 1. The van der Waals surface area contributed by atoms with Crippen LogP contribution in [0.15, 0.2) is 36.4 Å². The number of hydrogen-bond acceptors (Lipinski definition) is 4. The molecule has 3 rings (SSSR count). The maximum Gasteiger partial charge on any atom is 0.310 e. The molecule has 1 aromatic rings. The molecule has 1 aromatic carbocycles. The number of rotatable bonds is 4. The Kier molecular flexibility index (Phi) is 3.39. The van der Waals surface area contributed by atoms with Gasteiger partial charge in [-0.2, -0.15) is 0 Å². The summed E-state index contributed by atoms with van der Waals surface area (Å²) in [5.41, 5.74) is 0.515. The number of fused-ring (bicyclic) bond motifs is 2. The minimum Gasteiger partial charge on any atom is -0.495 e. The number of carbonyl (C=O) groups is 2. The fraction of sp³-hybridized carbons (Fsp3) is 0.333. The Morgan fingerprint density at radius 2 is 1.86 bits per heavy atom. The van der Waals surface area contributed by atoms with Crippen molar-refractivity contribution in [3.8, 4) is 5.75 Å². The number of ether oxygens (including phenoxy) is 2. The van der Waals surface area contributed by atoms with Crippen LogP contribution in [0.5, 0.6) is 5.75 Å². The summed E-state index contributed by atoms with van der Waals surface area (Å²) in [6.45, 7) is 0. The Morgan fingerprint density at radius 1 is 1.19 bits per heavy atom. The van der Waals surface area contributed by atoms with Crippen molar-refractivity contribution in [1.29, 1.82) is 0 Å². The lowest BCUT2D eigenvalue weighted by Gasteiger charge is -2.21. The van der Waals surface area contributed by atoms with Crippen LogP contribution in [-0.2, 0) is 14.3 Å². The smallest absolute Gasteiger partial charge is 0.310 e. The van der Waals surface area contributed by atoms with Gasteiger partial charge >= 0.3 is 5.97 Å². The maximum absolute atomic E-state index is 12.4. The molecule has 0 saturated carbocycles. The maximum atomic E-state index is 12.4. The zero-order valence-electron chi connectivity index (χ0n) is 11.4. The second-order valence-corrected chi connectivity index (χ2v) is 5.03.